The van der Waals surface area contributed by atoms with Crippen LogP contribution in [-0.4, -0.2) is 18.1 Å². The van der Waals surface area contributed by atoms with Crippen LogP contribution in [0.3, 0.4) is 0 Å². The lowest BCUT2D eigenvalue weighted by atomic mass is 9.74. The molecule has 0 radical (unpaired) electrons. The van der Waals surface area contributed by atoms with Gasteiger partial charge in [0, 0.05) is 65.8 Å². The predicted molar refractivity (Wildman–Crippen MR) is 144 cm³/mol. The van der Waals surface area contributed by atoms with Gasteiger partial charge in [-0.1, -0.05) is 59.7 Å². The van der Waals surface area contributed by atoms with Crippen LogP contribution in [0.4, 0.5) is 0 Å². The first-order valence-electron chi connectivity index (χ1n) is 11.1. The summed E-state index contributed by atoms with van der Waals surface area (Å²) < 4.78 is 0. The van der Waals surface area contributed by atoms with Crippen molar-refractivity contribution in [2.45, 2.75) is 72.6 Å². The van der Waals surface area contributed by atoms with E-state index in [-0.39, 0.29) is 5.41 Å². The molecular formula is C25H38I2N2. The molecule has 2 heterocycles. The summed E-state index contributed by atoms with van der Waals surface area (Å²) in [6.45, 7) is 17.0. The molecule has 1 saturated carbocycles. The molecule has 2 aliphatic rings. The highest BCUT2D eigenvalue weighted by molar-refractivity contribution is 15.0. The first-order valence-corrected chi connectivity index (χ1v) is 17.4. The average Bonchev–Trinajstić information content (AvgIpc) is 3.16. The number of hydrogen-bond acceptors (Lipinski definition) is 1. The van der Waals surface area contributed by atoms with Crippen molar-refractivity contribution in [1.82, 2.24) is 10.3 Å². The number of H-pyrrole nitrogens is 1. The number of benzene rings is 1. The van der Waals surface area contributed by atoms with E-state index in [1.54, 1.807) is 0 Å². The van der Waals surface area contributed by atoms with Crippen LogP contribution in [0.25, 0.3) is 10.9 Å². The zero-order valence-electron chi connectivity index (χ0n) is 19.0. The SMILES string of the molecule is CC1CC(C)(C)CNCCc2c([nH]c3ccccc23)C(C)(C)CC2(C)CC12.II. The Morgan fingerprint density at radius 1 is 1.00 bits per heavy atom. The zero-order valence-corrected chi connectivity index (χ0v) is 23.3. The first kappa shape index (κ1) is 23.8. The number of aromatic nitrogens is 1. The van der Waals surface area contributed by atoms with E-state index >= 15 is 0 Å². The van der Waals surface area contributed by atoms with Crippen LogP contribution in [0.2, 0.25) is 0 Å². The van der Waals surface area contributed by atoms with Gasteiger partial charge in [0.25, 0.3) is 0 Å². The number of hydrogen-bond donors (Lipinski definition) is 2. The molecule has 4 heteroatoms. The van der Waals surface area contributed by atoms with Crippen molar-refractivity contribution >= 4 is 48.1 Å². The lowest BCUT2D eigenvalue weighted by Crippen LogP contribution is -2.32. The average molecular weight is 620 g/mol. The third kappa shape index (κ3) is 5.16. The molecule has 1 aromatic carbocycles. The van der Waals surface area contributed by atoms with Crippen molar-refractivity contribution in [3.05, 3.63) is 35.5 Å². The summed E-state index contributed by atoms with van der Waals surface area (Å²) in [6, 6.07) is 8.87. The minimum absolute atomic E-state index is 0.182. The van der Waals surface area contributed by atoms with Crippen LogP contribution in [-0.2, 0) is 11.8 Å². The van der Waals surface area contributed by atoms with Gasteiger partial charge in [-0.2, -0.15) is 0 Å². The molecule has 162 valence electrons. The van der Waals surface area contributed by atoms with Crippen LogP contribution in [0.15, 0.2) is 24.3 Å². The molecule has 4 rings (SSSR count). The molecule has 3 atom stereocenters. The maximum absolute atomic E-state index is 3.83. The van der Waals surface area contributed by atoms with E-state index in [2.05, 4.69) is 113 Å². The second kappa shape index (κ2) is 8.97. The van der Waals surface area contributed by atoms with Crippen LogP contribution < -0.4 is 5.32 Å². The van der Waals surface area contributed by atoms with Crippen LogP contribution in [0.5, 0.6) is 0 Å². The van der Waals surface area contributed by atoms with Gasteiger partial charge < -0.3 is 10.3 Å². The van der Waals surface area contributed by atoms with E-state index in [0.717, 1.165) is 31.3 Å². The van der Waals surface area contributed by atoms with Gasteiger partial charge in [0.1, 0.15) is 0 Å². The maximum Gasteiger partial charge on any atom is 0.0459 e. The van der Waals surface area contributed by atoms with Gasteiger partial charge in [0.15, 0.2) is 0 Å². The van der Waals surface area contributed by atoms with E-state index in [1.165, 1.54) is 41.4 Å². The highest BCUT2D eigenvalue weighted by Crippen LogP contribution is 2.63. The highest BCUT2D eigenvalue weighted by Gasteiger charge is 2.55. The van der Waals surface area contributed by atoms with Gasteiger partial charge in [-0.05, 0) is 66.5 Å². The summed E-state index contributed by atoms with van der Waals surface area (Å²) >= 11 is 4.24. The smallest absolute Gasteiger partial charge is 0.0459 e. The standard InChI is InChI=1S/C25H38N2.I2/c1-17-13-23(2,3)16-26-12-11-19-18-9-7-8-10-21(18)27-22(19)24(4,5)15-25(6)14-20(17)25;1-2/h7-10,17,20,26-27H,11-16H2,1-6H3;. The summed E-state index contributed by atoms with van der Waals surface area (Å²) in [5.41, 5.74) is 5.36. The quantitative estimate of drug-likeness (QED) is 0.289. The molecule has 0 saturated heterocycles. The molecule has 3 unspecified atom stereocenters. The van der Waals surface area contributed by atoms with Crippen molar-refractivity contribution in [3.8, 4) is 0 Å². The van der Waals surface area contributed by atoms with Crippen molar-refractivity contribution in [2.75, 3.05) is 13.1 Å². The van der Waals surface area contributed by atoms with E-state index in [1.807, 2.05) is 0 Å². The van der Waals surface area contributed by atoms with Crippen LogP contribution >= 0.6 is 37.2 Å². The third-order valence-corrected chi connectivity index (χ3v) is 7.47. The fraction of sp³-hybridized carbons (Fsp3) is 0.680. The highest BCUT2D eigenvalue weighted by atomic mass is 128. The first-order chi connectivity index (χ1) is 13.6. The van der Waals surface area contributed by atoms with Crippen molar-refractivity contribution in [3.63, 3.8) is 0 Å². The lowest BCUT2D eigenvalue weighted by Gasteiger charge is -2.31. The van der Waals surface area contributed by atoms with Gasteiger partial charge in [-0.25, -0.2) is 0 Å². The van der Waals surface area contributed by atoms with E-state index < -0.39 is 0 Å². The van der Waals surface area contributed by atoms with Gasteiger partial charge >= 0.3 is 0 Å². The predicted octanol–water partition coefficient (Wildman–Crippen LogP) is 7.83. The molecule has 0 spiro atoms. The summed E-state index contributed by atoms with van der Waals surface area (Å²) in [5.74, 6) is 1.69. The molecular weight excluding hydrogens is 582 g/mol. The Kier molecular flexibility index (Phi) is 7.37. The fourth-order valence-electron chi connectivity index (χ4n) is 6.40. The second-order valence-electron chi connectivity index (χ2n) is 11.3. The van der Waals surface area contributed by atoms with E-state index in [0.29, 0.717) is 10.8 Å². The molecule has 2 nitrogen and oxygen atoms in total. The van der Waals surface area contributed by atoms with Crippen LogP contribution in [0, 0.1) is 22.7 Å². The van der Waals surface area contributed by atoms with Crippen molar-refractivity contribution in [1.29, 1.82) is 0 Å². The Morgan fingerprint density at radius 3 is 2.41 bits per heavy atom. The molecule has 0 bridgehead atoms. The fourth-order valence-corrected chi connectivity index (χ4v) is 6.40. The van der Waals surface area contributed by atoms with E-state index in [9.17, 15) is 0 Å². The Morgan fingerprint density at radius 2 is 1.69 bits per heavy atom. The summed E-state index contributed by atoms with van der Waals surface area (Å²) in [6.07, 6.45) is 5.11. The van der Waals surface area contributed by atoms with E-state index in [4.69, 9.17) is 0 Å². The minimum atomic E-state index is 0.182. The molecule has 2 N–H and O–H groups in total. The van der Waals surface area contributed by atoms with Gasteiger partial charge in [0.05, 0.1) is 0 Å². The minimum Gasteiger partial charge on any atom is -0.358 e. The Labute approximate surface area is 201 Å². The van der Waals surface area contributed by atoms with Crippen molar-refractivity contribution in [2.24, 2.45) is 22.7 Å². The largest absolute Gasteiger partial charge is 0.358 e. The van der Waals surface area contributed by atoms with Gasteiger partial charge in [0.2, 0.25) is 0 Å². The number of rotatable bonds is 0. The Bertz CT molecular complexity index is 838. The Balaban J connectivity index is 0.00000117. The topological polar surface area (TPSA) is 27.8 Å². The summed E-state index contributed by atoms with van der Waals surface area (Å²) in [5, 5.41) is 5.20. The third-order valence-electron chi connectivity index (χ3n) is 7.47. The number of fused-ring (bicyclic) bond motifs is 4. The summed E-state index contributed by atoms with van der Waals surface area (Å²) in [4.78, 5) is 3.83. The molecule has 2 aromatic rings. The van der Waals surface area contributed by atoms with Gasteiger partial charge in [-0.15, -0.1) is 0 Å². The molecule has 1 fully saturated rings. The number of para-hydroxylation sites is 1. The van der Waals surface area contributed by atoms with Crippen molar-refractivity contribution < 1.29 is 0 Å². The normalized spacial score (nSPS) is 31.2. The summed E-state index contributed by atoms with van der Waals surface area (Å²) in [7, 11) is 0. The lowest BCUT2D eigenvalue weighted by molar-refractivity contribution is 0.224. The molecule has 29 heavy (non-hydrogen) atoms. The Hall–Kier alpha value is 0.180. The van der Waals surface area contributed by atoms with Crippen LogP contribution in [0.1, 0.15) is 72.1 Å². The zero-order chi connectivity index (χ0) is 21.4. The number of halogens is 2. The number of nitrogens with one attached hydrogen (secondary N) is 2. The molecule has 1 aromatic heterocycles. The molecule has 0 amide bonds. The number of aromatic amines is 1. The maximum atomic E-state index is 3.83. The second-order valence-corrected chi connectivity index (χ2v) is 11.3. The monoisotopic (exact) mass is 620 g/mol. The van der Waals surface area contributed by atoms with Gasteiger partial charge in [-0.3, -0.25) is 0 Å². The molecule has 1 aliphatic carbocycles. The molecule has 1 aliphatic heterocycles.